The largest absolute Gasteiger partial charge is 0.480 e. The van der Waals surface area contributed by atoms with Crippen molar-refractivity contribution in [3.63, 3.8) is 0 Å². The highest BCUT2D eigenvalue weighted by atomic mass is 35.5. The minimum absolute atomic E-state index is 0.232. The molecule has 0 fully saturated rings. The van der Waals surface area contributed by atoms with Crippen LogP contribution in [0.2, 0.25) is 5.02 Å². The topological polar surface area (TPSA) is 102 Å². The Morgan fingerprint density at radius 1 is 1.38 bits per heavy atom. The molecule has 0 bridgehead atoms. The van der Waals surface area contributed by atoms with Gasteiger partial charge < -0.3 is 10.4 Å². The SMILES string of the molecule is CCn1ncc(Cl)c1CNC(=O)c1cnn(CC(=O)O)c1. The van der Waals surface area contributed by atoms with E-state index in [2.05, 4.69) is 15.5 Å². The normalized spacial score (nSPS) is 10.6. The third kappa shape index (κ3) is 3.60. The molecule has 1 amide bonds. The summed E-state index contributed by atoms with van der Waals surface area (Å²) in [5.74, 6) is -1.38. The summed E-state index contributed by atoms with van der Waals surface area (Å²) >= 11 is 6.00. The minimum atomic E-state index is -1.02. The number of aliphatic carboxylic acids is 1. The van der Waals surface area contributed by atoms with Crippen LogP contribution in [0.4, 0.5) is 0 Å². The van der Waals surface area contributed by atoms with Crippen LogP contribution in [0.15, 0.2) is 18.6 Å². The molecule has 0 aromatic carbocycles. The van der Waals surface area contributed by atoms with Gasteiger partial charge in [0.2, 0.25) is 0 Å². The van der Waals surface area contributed by atoms with Crippen molar-refractivity contribution < 1.29 is 14.7 Å². The van der Waals surface area contributed by atoms with Gasteiger partial charge in [-0.05, 0) is 6.92 Å². The summed E-state index contributed by atoms with van der Waals surface area (Å²) in [4.78, 5) is 22.5. The van der Waals surface area contributed by atoms with Crippen LogP contribution in [0.25, 0.3) is 0 Å². The van der Waals surface area contributed by atoms with E-state index in [4.69, 9.17) is 16.7 Å². The molecule has 112 valence electrons. The van der Waals surface area contributed by atoms with Crippen molar-refractivity contribution in [1.82, 2.24) is 24.9 Å². The zero-order valence-electron chi connectivity index (χ0n) is 11.3. The quantitative estimate of drug-likeness (QED) is 0.820. The zero-order chi connectivity index (χ0) is 15.4. The molecule has 2 heterocycles. The number of aryl methyl sites for hydroxylation is 1. The average Bonchev–Trinajstić information content (AvgIpc) is 3.02. The molecule has 0 aliphatic heterocycles. The van der Waals surface area contributed by atoms with Gasteiger partial charge in [0.1, 0.15) is 6.54 Å². The maximum Gasteiger partial charge on any atom is 0.325 e. The number of carbonyl (C=O) groups excluding carboxylic acids is 1. The number of amides is 1. The molecule has 2 aromatic heterocycles. The Bertz CT molecular complexity index is 664. The Morgan fingerprint density at radius 3 is 2.81 bits per heavy atom. The van der Waals surface area contributed by atoms with Gasteiger partial charge in [0.15, 0.2) is 0 Å². The van der Waals surface area contributed by atoms with Crippen molar-refractivity contribution in [2.24, 2.45) is 0 Å². The van der Waals surface area contributed by atoms with Crippen LogP contribution in [0, 0.1) is 0 Å². The van der Waals surface area contributed by atoms with E-state index in [0.717, 1.165) is 0 Å². The summed E-state index contributed by atoms with van der Waals surface area (Å²) in [6.07, 6.45) is 4.22. The first-order valence-corrected chi connectivity index (χ1v) is 6.61. The lowest BCUT2D eigenvalue weighted by Gasteiger charge is -2.06. The van der Waals surface area contributed by atoms with Gasteiger partial charge in [-0.1, -0.05) is 11.6 Å². The van der Waals surface area contributed by atoms with E-state index in [1.165, 1.54) is 23.3 Å². The summed E-state index contributed by atoms with van der Waals surface area (Å²) < 4.78 is 2.87. The molecular weight excluding hydrogens is 298 g/mol. The molecule has 8 nitrogen and oxygen atoms in total. The van der Waals surface area contributed by atoms with Gasteiger partial charge in [-0.3, -0.25) is 19.0 Å². The number of nitrogens with zero attached hydrogens (tertiary/aromatic N) is 4. The van der Waals surface area contributed by atoms with E-state index in [1.54, 1.807) is 4.68 Å². The predicted molar refractivity (Wildman–Crippen MR) is 73.9 cm³/mol. The Balaban J connectivity index is 2.00. The molecule has 0 aliphatic rings. The molecule has 2 N–H and O–H groups in total. The van der Waals surface area contributed by atoms with Gasteiger partial charge in [-0.2, -0.15) is 10.2 Å². The molecule has 0 saturated heterocycles. The second-order valence-electron chi connectivity index (χ2n) is 4.26. The fraction of sp³-hybridized carbons (Fsp3) is 0.333. The first-order valence-electron chi connectivity index (χ1n) is 6.24. The number of carboxylic acids is 1. The van der Waals surface area contributed by atoms with E-state index in [0.29, 0.717) is 17.3 Å². The molecule has 0 unspecified atom stereocenters. The Labute approximate surface area is 125 Å². The molecule has 9 heteroatoms. The van der Waals surface area contributed by atoms with Gasteiger partial charge >= 0.3 is 5.97 Å². The highest BCUT2D eigenvalue weighted by molar-refractivity contribution is 6.31. The fourth-order valence-electron chi connectivity index (χ4n) is 1.81. The van der Waals surface area contributed by atoms with Crippen molar-refractivity contribution in [2.75, 3.05) is 0 Å². The van der Waals surface area contributed by atoms with Gasteiger partial charge in [-0.15, -0.1) is 0 Å². The predicted octanol–water partition coefficient (Wildman–Crippen LogP) is 0.767. The third-order valence-electron chi connectivity index (χ3n) is 2.81. The maximum absolute atomic E-state index is 12.0. The van der Waals surface area contributed by atoms with E-state index in [9.17, 15) is 9.59 Å². The standard InChI is InChI=1S/C12H14ClN5O3/c1-2-18-10(9(13)4-16-18)5-14-12(21)8-3-15-17(6-8)7-11(19)20/h3-4,6H,2,5,7H2,1H3,(H,14,21)(H,19,20). The van der Waals surface area contributed by atoms with Crippen molar-refractivity contribution in [2.45, 2.75) is 26.6 Å². The molecule has 0 aliphatic carbocycles. The van der Waals surface area contributed by atoms with Crippen molar-refractivity contribution >= 4 is 23.5 Å². The second kappa shape index (κ2) is 6.40. The number of carboxylic acid groups (broad SMARTS) is 1. The van der Waals surface area contributed by atoms with E-state index >= 15 is 0 Å². The smallest absolute Gasteiger partial charge is 0.325 e. The number of aromatic nitrogens is 4. The molecule has 0 spiro atoms. The number of carbonyl (C=O) groups is 2. The molecule has 2 aromatic rings. The summed E-state index contributed by atoms with van der Waals surface area (Å²) in [5, 5.41) is 19.7. The van der Waals surface area contributed by atoms with Crippen LogP contribution in [-0.2, 0) is 24.4 Å². The lowest BCUT2D eigenvalue weighted by atomic mass is 10.3. The summed E-state index contributed by atoms with van der Waals surface area (Å²) in [6.45, 7) is 2.51. The zero-order valence-corrected chi connectivity index (χ0v) is 12.0. The van der Waals surface area contributed by atoms with Gasteiger partial charge in [-0.25, -0.2) is 0 Å². The number of hydrogen-bond acceptors (Lipinski definition) is 4. The van der Waals surface area contributed by atoms with E-state index in [-0.39, 0.29) is 24.6 Å². The first-order chi connectivity index (χ1) is 10.0. The fourth-order valence-corrected chi connectivity index (χ4v) is 2.02. The molecular formula is C12H14ClN5O3. The lowest BCUT2D eigenvalue weighted by molar-refractivity contribution is -0.137. The molecule has 0 atom stereocenters. The van der Waals surface area contributed by atoms with Crippen molar-refractivity contribution in [3.05, 3.63) is 34.9 Å². The van der Waals surface area contributed by atoms with E-state index < -0.39 is 5.97 Å². The summed E-state index contributed by atoms with van der Waals surface area (Å²) in [6, 6.07) is 0. The number of halogens is 1. The third-order valence-corrected chi connectivity index (χ3v) is 3.12. The van der Waals surface area contributed by atoms with Crippen LogP contribution >= 0.6 is 11.6 Å². The number of nitrogens with one attached hydrogen (secondary N) is 1. The molecule has 21 heavy (non-hydrogen) atoms. The maximum atomic E-state index is 12.0. The summed E-state index contributed by atoms with van der Waals surface area (Å²) in [7, 11) is 0. The van der Waals surface area contributed by atoms with Crippen LogP contribution in [0.5, 0.6) is 0 Å². The average molecular weight is 312 g/mol. The Hall–Kier alpha value is -2.35. The van der Waals surface area contributed by atoms with Crippen LogP contribution < -0.4 is 5.32 Å². The van der Waals surface area contributed by atoms with E-state index in [1.807, 2.05) is 6.92 Å². The van der Waals surface area contributed by atoms with Crippen molar-refractivity contribution in [1.29, 1.82) is 0 Å². The Kier molecular flexibility index (Phi) is 4.59. The van der Waals surface area contributed by atoms with Crippen molar-refractivity contribution in [3.8, 4) is 0 Å². The number of rotatable bonds is 6. The second-order valence-corrected chi connectivity index (χ2v) is 4.67. The minimum Gasteiger partial charge on any atom is -0.480 e. The molecule has 0 radical (unpaired) electrons. The van der Waals surface area contributed by atoms with Crippen LogP contribution in [0.3, 0.4) is 0 Å². The lowest BCUT2D eigenvalue weighted by Crippen LogP contribution is -2.24. The van der Waals surface area contributed by atoms with Crippen LogP contribution in [-0.4, -0.2) is 36.5 Å². The highest BCUT2D eigenvalue weighted by Gasteiger charge is 2.13. The first kappa shape index (κ1) is 15.0. The molecule has 2 rings (SSSR count). The monoisotopic (exact) mass is 311 g/mol. The van der Waals surface area contributed by atoms with Gasteiger partial charge in [0, 0.05) is 12.7 Å². The highest BCUT2D eigenvalue weighted by Crippen LogP contribution is 2.14. The van der Waals surface area contributed by atoms with Gasteiger partial charge in [0.05, 0.1) is 35.2 Å². The number of hydrogen-bond donors (Lipinski definition) is 2. The Morgan fingerprint density at radius 2 is 2.14 bits per heavy atom. The van der Waals surface area contributed by atoms with Gasteiger partial charge in [0.25, 0.3) is 5.91 Å². The summed E-state index contributed by atoms with van der Waals surface area (Å²) in [5.41, 5.74) is 1.00. The molecule has 0 saturated carbocycles. The van der Waals surface area contributed by atoms with Crippen LogP contribution in [0.1, 0.15) is 23.0 Å².